The van der Waals surface area contributed by atoms with Gasteiger partial charge in [-0.3, -0.25) is 0 Å². The number of hydrogen-bond acceptors (Lipinski definition) is 5. The molecule has 1 heterocycles. The van der Waals surface area contributed by atoms with E-state index < -0.39 is 0 Å². The molecule has 0 saturated carbocycles. The highest BCUT2D eigenvalue weighted by Crippen LogP contribution is 2.29. The van der Waals surface area contributed by atoms with Crippen molar-refractivity contribution in [3.63, 3.8) is 0 Å². The summed E-state index contributed by atoms with van der Waals surface area (Å²) in [6.07, 6.45) is 0. The van der Waals surface area contributed by atoms with E-state index in [1.54, 1.807) is 0 Å². The van der Waals surface area contributed by atoms with Gasteiger partial charge in [-0.25, -0.2) is 0 Å². The molecule has 0 unspecified atom stereocenters. The second-order valence-electron chi connectivity index (χ2n) is 5.66. The Bertz CT molecular complexity index is 887. The molecule has 0 bridgehead atoms. The first-order valence-corrected chi connectivity index (χ1v) is 7.80. The van der Waals surface area contributed by atoms with Crippen LogP contribution in [0.5, 0.6) is 0 Å². The van der Waals surface area contributed by atoms with Crippen molar-refractivity contribution in [3.05, 3.63) is 65.4 Å². The summed E-state index contributed by atoms with van der Waals surface area (Å²) < 4.78 is 0. The van der Waals surface area contributed by atoms with Crippen LogP contribution < -0.4 is 4.90 Å². The molecule has 1 aromatic heterocycles. The monoisotopic (exact) mass is 318 g/mol. The number of nitriles is 1. The predicted molar refractivity (Wildman–Crippen MR) is 93.6 cm³/mol. The zero-order chi connectivity index (χ0) is 16.9. The molecule has 120 valence electrons. The van der Waals surface area contributed by atoms with Crippen molar-refractivity contribution >= 4 is 16.6 Å². The predicted octanol–water partition coefficient (Wildman–Crippen LogP) is 2.81. The summed E-state index contributed by atoms with van der Waals surface area (Å²) in [5.41, 5.74) is 3.93. The van der Waals surface area contributed by atoms with Crippen LogP contribution in [0, 0.1) is 18.3 Å². The maximum absolute atomic E-state index is 9.51. The molecule has 24 heavy (non-hydrogen) atoms. The Balaban J connectivity index is 2.15. The molecule has 3 aromatic rings. The molecule has 0 amide bonds. The van der Waals surface area contributed by atoms with E-state index in [1.165, 1.54) is 0 Å². The lowest BCUT2D eigenvalue weighted by Gasteiger charge is -2.26. The third-order valence-corrected chi connectivity index (χ3v) is 3.90. The standard InChI is InChI=1S/C19H18N4O/c1-14-7-8-17-16(11-14)19(18(12-20)22-21-17)23(9-10-24)13-15-5-3-2-4-6-15/h2-8,11,24H,9-10,13H2,1H3. The van der Waals surface area contributed by atoms with E-state index in [0.29, 0.717) is 13.1 Å². The van der Waals surface area contributed by atoms with Gasteiger partial charge in [0.15, 0.2) is 5.69 Å². The quantitative estimate of drug-likeness (QED) is 0.783. The molecule has 3 rings (SSSR count). The van der Waals surface area contributed by atoms with Crippen LogP contribution in [0.25, 0.3) is 10.9 Å². The SMILES string of the molecule is Cc1ccc2nnc(C#N)c(N(CCO)Cc3ccccc3)c2c1. The molecule has 5 heteroatoms. The van der Waals surface area contributed by atoms with Crippen LogP contribution >= 0.6 is 0 Å². The number of hydrogen-bond donors (Lipinski definition) is 1. The number of anilines is 1. The van der Waals surface area contributed by atoms with Crippen LogP contribution in [-0.2, 0) is 6.54 Å². The molecule has 0 aliphatic rings. The lowest BCUT2D eigenvalue weighted by molar-refractivity contribution is 0.301. The Morgan fingerprint density at radius 2 is 1.92 bits per heavy atom. The van der Waals surface area contributed by atoms with Crippen LogP contribution in [0.15, 0.2) is 48.5 Å². The van der Waals surface area contributed by atoms with Gasteiger partial charge in [0.25, 0.3) is 0 Å². The van der Waals surface area contributed by atoms with Gasteiger partial charge < -0.3 is 10.0 Å². The Morgan fingerprint density at radius 3 is 2.62 bits per heavy atom. The van der Waals surface area contributed by atoms with Gasteiger partial charge in [-0.1, -0.05) is 42.0 Å². The fourth-order valence-corrected chi connectivity index (χ4v) is 2.80. The van der Waals surface area contributed by atoms with Crippen LogP contribution in [0.3, 0.4) is 0 Å². The van der Waals surface area contributed by atoms with E-state index in [-0.39, 0.29) is 12.3 Å². The Kier molecular flexibility index (Phi) is 4.69. The highest BCUT2D eigenvalue weighted by molar-refractivity contribution is 5.93. The highest BCUT2D eigenvalue weighted by Gasteiger charge is 2.18. The summed E-state index contributed by atoms with van der Waals surface area (Å²) in [6.45, 7) is 3.00. The van der Waals surface area contributed by atoms with E-state index in [0.717, 1.165) is 27.7 Å². The van der Waals surface area contributed by atoms with Crippen molar-refractivity contribution in [3.8, 4) is 6.07 Å². The van der Waals surface area contributed by atoms with E-state index in [4.69, 9.17) is 0 Å². The first-order chi connectivity index (χ1) is 11.7. The largest absolute Gasteiger partial charge is 0.395 e. The normalized spacial score (nSPS) is 10.5. The van der Waals surface area contributed by atoms with Crippen molar-refractivity contribution in [2.24, 2.45) is 0 Å². The smallest absolute Gasteiger partial charge is 0.187 e. The lowest BCUT2D eigenvalue weighted by atomic mass is 10.1. The third-order valence-electron chi connectivity index (χ3n) is 3.90. The van der Waals surface area contributed by atoms with Gasteiger partial charge in [0.2, 0.25) is 0 Å². The van der Waals surface area contributed by atoms with Gasteiger partial charge in [0, 0.05) is 18.5 Å². The maximum atomic E-state index is 9.51. The molecule has 1 N–H and O–H groups in total. The molecule has 5 nitrogen and oxygen atoms in total. The Hall–Kier alpha value is -2.97. The molecule has 0 aliphatic carbocycles. The number of aryl methyl sites for hydroxylation is 1. The van der Waals surface area contributed by atoms with Crippen LogP contribution in [0.4, 0.5) is 5.69 Å². The van der Waals surface area contributed by atoms with Gasteiger partial charge in [-0.2, -0.15) is 5.26 Å². The van der Waals surface area contributed by atoms with Gasteiger partial charge in [0.05, 0.1) is 17.8 Å². The first kappa shape index (κ1) is 15.9. The average Bonchev–Trinajstić information content (AvgIpc) is 2.61. The summed E-state index contributed by atoms with van der Waals surface area (Å²) in [6, 6.07) is 18.0. The molecular formula is C19H18N4O. The number of aliphatic hydroxyl groups is 1. The van der Waals surface area contributed by atoms with Crippen LogP contribution in [0.1, 0.15) is 16.8 Å². The molecule has 0 saturated heterocycles. The highest BCUT2D eigenvalue weighted by atomic mass is 16.3. The van der Waals surface area contributed by atoms with Gasteiger partial charge in [0.1, 0.15) is 6.07 Å². The van der Waals surface area contributed by atoms with Gasteiger partial charge in [-0.15, -0.1) is 10.2 Å². The average molecular weight is 318 g/mol. The summed E-state index contributed by atoms with van der Waals surface area (Å²) in [4.78, 5) is 1.99. The summed E-state index contributed by atoms with van der Waals surface area (Å²) in [5, 5.41) is 28.1. The van der Waals surface area contributed by atoms with E-state index >= 15 is 0 Å². The summed E-state index contributed by atoms with van der Waals surface area (Å²) in [5.74, 6) is 0. The second kappa shape index (κ2) is 7.07. The minimum atomic E-state index is -0.00661. The number of rotatable bonds is 5. The topological polar surface area (TPSA) is 73.0 Å². The van der Waals surface area contributed by atoms with Crippen molar-refractivity contribution in [2.45, 2.75) is 13.5 Å². The summed E-state index contributed by atoms with van der Waals surface area (Å²) >= 11 is 0. The lowest BCUT2D eigenvalue weighted by Crippen LogP contribution is -2.27. The zero-order valence-corrected chi connectivity index (χ0v) is 13.5. The fraction of sp³-hybridized carbons (Fsp3) is 0.211. The van der Waals surface area contributed by atoms with E-state index in [2.05, 4.69) is 16.3 Å². The molecule has 0 fully saturated rings. The van der Waals surface area contributed by atoms with Crippen molar-refractivity contribution in [2.75, 3.05) is 18.1 Å². The molecular weight excluding hydrogens is 300 g/mol. The molecule has 0 aliphatic heterocycles. The number of benzene rings is 2. The third kappa shape index (κ3) is 3.19. The van der Waals surface area contributed by atoms with Crippen molar-refractivity contribution in [1.82, 2.24) is 10.2 Å². The Labute approximate surface area is 140 Å². The molecule has 0 spiro atoms. The van der Waals surface area contributed by atoms with Gasteiger partial charge >= 0.3 is 0 Å². The van der Waals surface area contributed by atoms with E-state index in [1.807, 2.05) is 60.4 Å². The Morgan fingerprint density at radius 1 is 1.12 bits per heavy atom. The zero-order valence-electron chi connectivity index (χ0n) is 13.5. The number of aliphatic hydroxyl groups excluding tert-OH is 1. The number of nitrogens with zero attached hydrogens (tertiary/aromatic N) is 4. The van der Waals surface area contributed by atoms with Gasteiger partial charge in [-0.05, 0) is 24.6 Å². The molecule has 0 atom stereocenters. The summed E-state index contributed by atoms with van der Waals surface area (Å²) in [7, 11) is 0. The minimum Gasteiger partial charge on any atom is -0.395 e. The molecule has 2 aromatic carbocycles. The fourth-order valence-electron chi connectivity index (χ4n) is 2.80. The van der Waals surface area contributed by atoms with Crippen LogP contribution in [0.2, 0.25) is 0 Å². The first-order valence-electron chi connectivity index (χ1n) is 7.80. The van der Waals surface area contributed by atoms with Crippen LogP contribution in [-0.4, -0.2) is 28.5 Å². The second-order valence-corrected chi connectivity index (χ2v) is 5.66. The van der Waals surface area contributed by atoms with Crippen molar-refractivity contribution in [1.29, 1.82) is 5.26 Å². The molecule has 0 radical (unpaired) electrons. The minimum absolute atomic E-state index is 0.00661. The van der Waals surface area contributed by atoms with E-state index in [9.17, 15) is 10.4 Å². The number of aromatic nitrogens is 2. The maximum Gasteiger partial charge on any atom is 0.187 e. The van der Waals surface area contributed by atoms with Crippen molar-refractivity contribution < 1.29 is 5.11 Å². The number of fused-ring (bicyclic) bond motifs is 1.